The number of amides is 1. The summed E-state index contributed by atoms with van der Waals surface area (Å²) in [7, 11) is 0. The number of hydrogen-bond acceptors (Lipinski definition) is 5. The normalized spacial score (nSPS) is 15.5. The average molecular weight is 317 g/mol. The van der Waals surface area contributed by atoms with Gasteiger partial charge in [0.15, 0.2) is 0 Å². The summed E-state index contributed by atoms with van der Waals surface area (Å²) in [5.41, 5.74) is 0.580. The van der Waals surface area contributed by atoms with Gasteiger partial charge in [-0.05, 0) is 43.7 Å². The van der Waals surface area contributed by atoms with Gasteiger partial charge in [0.05, 0.1) is 11.6 Å². The highest BCUT2D eigenvalue weighted by Gasteiger charge is 2.18. The monoisotopic (exact) mass is 317 g/mol. The number of ether oxygens (including phenoxy) is 1. The smallest absolute Gasteiger partial charge is 0.222 e. The van der Waals surface area contributed by atoms with Crippen molar-refractivity contribution in [3.63, 3.8) is 0 Å². The van der Waals surface area contributed by atoms with Crippen LogP contribution in [0.3, 0.4) is 0 Å². The lowest BCUT2D eigenvalue weighted by molar-refractivity contribution is -0.127. The molecule has 1 aromatic rings. The summed E-state index contributed by atoms with van der Waals surface area (Å²) in [4.78, 5) is 13.3. The zero-order valence-electron chi connectivity index (χ0n) is 13.2. The van der Waals surface area contributed by atoms with Gasteiger partial charge in [-0.1, -0.05) is 0 Å². The van der Waals surface area contributed by atoms with Crippen molar-refractivity contribution < 1.29 is 14.6 Å². The summed E-state index contributed by atoms with van der Waals surface area (Å²) in [5, 5.41) is 21.7. The van der Waals surface area contributed by atoms with Crippen LogP contribution in [0.2, 0.25) is 0 Å². The fourth-order valence-electron chi connectivity index (χ4n) is 2.48. The third-order valence-corrected chi connectivity index (χ3v) is 3.76. The van der Waals surface area contributed by atoms with Crippen LogP contribution in [0.1, 0.15) is 24.8 Å². The zero-order valence-corrected chi connectivity index (χ0v) is 13.2. The van der Waals surface area contributed by atoms with Gasteiger partial charge in [-0.2, -0.15) is 5.26 Å². The Morgan fingerprint density at radius 3 is 2.83 bits per heavy atom. The highest BCUT2D eigenvalue weighted by molar-refractivity contribution is 5.77. The van der Waals surface area contributed by atoms with Crippen LogP contribution in [-0.2, 0) is 4.79 Å². The summed E-state index contributed by atoms with van der Waals surface area (Å²) in [6, 6.07) is 8.83. The molecular formula is C17H23N3O3. The van der Waals surface area contributed by atoms with Crippen LogP contribution in [0.25, 0.3) is 0 Å². The first-order valence-corrected chi connectivity index (χ1v) is 7.98. The number of carbonyl (C=O) groups excluding carboxylic acids is 1. The van der Waals surface area contributed by atoms with Crippen LogP contribution >= 0.6 is 0 Å². The standard InChI is InChI=1S/C17H23N3O3/c18-11-14-4-6-16(7-5-14)23-13-15(21)12-19-8-2-10-20-9-1-3-17(20)22/h4-7,15,19,21H,1-3,8-10,12-13H2. The van der Waals surface area contributed by atoms with Gasteiger partial charge in [0.1, 0.15) is 18.5 Å². The molecule has 1 aliphatic heterocycles. The van der Waals surface area contributed by atoms with Crippen LogP contribution < -0.4 is 10.1 Å². The van der Waals surface area contributed by atoms with Crippen molar-refractivity contribution >= 4 is 5.91 Å². The first kappa shape index (κ1) is 17.3. The van der Waals surface area contributed by atoms with Gasteiger partial charge in [-0.15, -0.1) is 0 Å². The fourth-order valence-corrected chi connectivity index (χ4v) is 2.48. The van der Waals surface area contributed by atoms with Gasteiger partial charge in [-0.3, -0.25) is 4.79 Å². The summed E-state index contributed by atoms with van der Waals surface area (Å²) in [6.45, 7) is 3.06. The summed E-state index contributed by atoms with van der Waals surface area (Å²) < 4.78 is 5.47. The number of nitrogens with one attached hydrogen (secondary N) is 1. The Bertz CT molecular complexity index is 539. The van der Waals surface area contributed by atoms with Crippen molar-refractivity contribution in [3.8, 4) is 11.8 Å². The van der Waals surface area contributed by atoms with E-state index in [1.54, 1.807) is 24.3 Å². The number of nitriles is 1. The molecule has 2 rings (SSSR count). The van der Waals surface area contributed by atoms with E-state index in [0.717, 1.165) is 32.5 Å². The van der Waals surface area contributed by atoms with E-state index in [1.165, 1.54) is 0 Å². The third kappa shape index (κ3) is 5.89. The Morgan fingerprint density at radius 2 is 2.17 bits per heavy atom. The molecule has 0 bridgehead atoms. The maximum atomic E-state index is 11.4. The molecule has 0 spiro atoms. The number of nitrogens with zero attached hydrogens (tertiary/aromatic N) is 2. The van der Waals surface area contributed by atoms with Gasteiger partial charge >= 0.3 is 0 Å². The second kappa shape index (κ2) is 9.13. The van der Waals surface area contributed by atoms with E-state index in [0.29, 0.717) is 24.3 Å². The molecule has 1 heterocycles. The van der Waals surface area contributed by atoms with Crippen LogP contribution in [0.15, 0.2) is 24.3 Å². The minimum atomic E-state index is -0.598. The number of hydrogen-bond donors (Lipinski definition) is 2. The number of carbonyl (C=O) groups is 1. The SMILES string of the molecule is N#Cc1ccc(OCC(O)CNCCCN2CCCC2=O)cc1. The second-order valence-electron chi connectivity index (χ2n) is 5.64. The summed E-state index contributed by atoms with van der Waals surface area (Å²) in [5.74, 6) is 0.886. The minimum Gasteiger partial charge on any atom is -0.491 e. The second-order valence-corrected chi connectivity index (χ2v) is 5.64. The third-order valence-electron chi connectivity index (χ3n) is 3.76. The topological polar surface area (TPSA) is 85.6 Å². The molecule has 2 N–H and O–H groups in total. The van der Waals surface area contributed by atoms with E-state index in [1.807, 2.05) is 11.0 Å². The molecule has 1 unspecified atom stereocenters. The van der Waals surface area contributed by atoms with Crippen LogP contribution in [0.4, 0.5) is 0 Å². The molecule has 1 amide bonds. The molecule has 0 saturated carbocycles. The lowest BCUT2D eigenvalue weighted by Crippen LogP contribution is -2.34. The Morgan fingerprint density at radius 1 is 1.39 bits per heavy atom. The number of likely N-dealkylation sites (tertiary alicyclic amines) is 1. The summed E-state index contributed by atoms with van der Waals surface area (Å²) >= 11 is 0. The maximum absolute atomic E-state index is 11.4. The van der Waals surface area contributed by atoms with Crippen molar-refractivity contribution in [1.29, 1.82) is 5.26 Å². The van der Waals surface area contributed by atoms with E-state index in [-0.39, 0.29) is 12.5 Å². The van der Waals surface area contributed by atoms with Gasteiger partial charge in [-0.25, -0.2) is 0 Å². The number of aliphatic hydroxyl groups is 1. The quantitative estimate of drug-likeness (QED) is 0.661. The number of rotatable bonds is 9. The van der Waals surface area contributed by atoms with Crippen LogP contribution in [0.5, 0.6) is 5.75 Å². The van der Waals surface area contributed by atoms with E-state index in [9.17, 15) is 9.90 Å². The van der Waals surface area contributed by atoms with Crippen molar-refractivity contribution in [2.75, 3.05) is 32.8 Å². The average Bonchev–Trinajstić information content (AvgIpc) is 2.98. The molecule has 6 heteroatoms. The number of aliphatic hydroxyl groups excluding tert-OH is 1. The first-order valence-electron chi connectivity index (χ1n) is 7.98. The molecule has 1 fully saturated rings. The lowest BCUT2D eigenvalue weighted by atomic mass is 10.2. The van der Waals surface area contributed by atoms with Crippen molar-refractivity contribution in [2.24, 2.45) is 0 Å². The maximum Gasteiger partial charge on any atom is 0.222 e. The molecule has 1 aromatic carbocycles. The molecule has 23 heavy (non-hydrogen) atoms. The molecule has 0 aliphatic carbocycles. The molecular weight excluding hydrogens is 294 g/mol. The molecule has 1 aliphatic rings. The first-order chi connectivity index (χ1) is 11.2. The van der Waals surface area contributed by atoms with E-state index in [4.69, 9.17) is 10.00 Å². The highest BCUT2D eigenvalue weighted by atomic mass is 16.5. The highest BCUT2D eigenvalue weighted by Crippen LogP contribution is 2.11. The summed E-state index contributed by atoms with van der Waals surface area (Å²) in [6.07, 6.45) is 1.94. The van der Waals surface area contributed by atoms with Gasteiger partial charge in [0.25, 0.3) is 0 Å². The number of benzene rings is 1. The van der Waals surface area contributed by atoms with Gasteiger partial charge in [0.2, 0.25) is 5.91 Å². The predicted octanol–water partition coefficient (Wildman–Crippen LogP) is 0.900. The molecule has 6 nitrogen and oxygen atoms in total. The van der Waals surface area contributed by atoms with Gasteiger partial charge in [0, 0.05) is 26.1 Å². The molecule has 124 valence electrons. The predicted molar refractivity (Wildman–Crippen MR) is 86.0 cm³/mol. The largest absolute Gasteiger partial charge is 0.491 e. The minimum absolute atomic E-state index is 0.198. The Balaban J connectivity index is 1.53. The Kier molecular flexibility index (Phi) is 6.85. The molecule has 1 saturated heterocycles. The van der Waals surface area contributed by atoms with Gasteiger partial charge < -0.3 is 20.1 Å². The zero-order chi connectivity index (χ0) is 16.5. The molecule has 0 radical (unpaired) electrons. The molecule has 1 atom stereocenters. The Labute approximate surface area is 136 Å². The van der Waals surface area contributed by atoms with Crippen molar-refractivity contribution in [3.05, 3.63) is 29.8 Å². The van der Waals surface area contributed by atoms with Crippen molar-refractivity contribution in [2.45, 2.75) is 25.4 Å². The lowest BCUT2D eigenvalue weighted by Gasteiger charge is -2.16. The van der Waals surface area contributed by atoms with Crippen LogP contribution in [0, 0.1) is 11.3 Å². The van der Waals surface area contributed by atoms with E-state index in [2.05, 4.69) is 5.32 Å². The van der Waals surface area contributed by atoms with Crippen molar-refractivity contribution in [1.82, 2.24) is 10.2 Å². The van der Waals surface area contributed by atoms with E-state index < -0.39 is 6.10 Å². The van der Waals surface area contributed by atoms with E-state index >= 15 is 0 Å². The molecule has 0 aromatic heterocycles. The fraction of sp³-hybridized carbons (Fsp3) is 0.529. The van der Waals surface area contributed by atoms with Crippen LogP contribution in [-0.4, -0.2) is 54.8 Å². The Hall–Kier alpha value is -2.10.